The van der Waals surface area contributed by atoms with E-state index >= 15 is 0 Å². The van der Waals surface area contributed by atoms with Gasteiger partial charge in [-0.25, -0.2) is 9.78 Å². The van der Waals surface area contributed by atoms with Gasteiger partial charge in [-0.1, -0.05) is 0 Å². The zero-order valence-electron chi connectivity index (χ0n) is 12.0. The number of carbonyl (C=O) groups is 1. The largest absolute Gasteiger partial charge is 0.501 e. The molecule has 3 heterocycles. The Bertz CT molecular complexity index is 619. The highest BCUT2D eigenvalue weighted by Crippen LogP contribution is 2.32. The summed E-state index contributed by atoms with van der Waals surface area (Å²) in [6, 6.07) is 0.0398. The van der Waals surface area contributed by atoms with Crippen molar-refractivity contribution in [2.45, 2.75) is 38.3 Å². The van der Waals surface area contributed by atoms with Crippen LogP contribution >= 0.6 is 0 Å². The van der Waals surface area contributed by atoms with Crippen LogP contribution in [0.1, 0.15) is 48.0 Å². The third kappa shape index (κ3) is 2.31. The number of fused-ring (bicyclic) bond motifs is 1. The van der Waals surface area contributed by atoms with Gasteiger partial charge >= 0.3 is 5.97 Å². The highest BCUT2D eigenvalue weighted by atomic mass is 16.5. The molecule has 2 aliphatic rings. The Kier molecular flexibility index (Phi) is 3.67. The molecule has 0 saturated carbocycles. The molecular formula is C14H19N3O4. The molecule has 1 unspecified atom stereocenters. The molecule has 1 aromatic rings. The van der Waals surface area contributed by atoms with Crippen molar-refractivity contribution in [3.05, 3.63) is 21.9 Å². The van der Waals surface area contributed by atoms with Crippen molar-refractivity contribution in [2.75, 3.05) is 20.2 Å². The summed E-state index contributed by atoms with van der Waals surface area (Å²) >= 11 is 0. The molecule has 114 valence electrons. The molecule has 1 atom stereocenters. The van der Waals surface area contributed by atoms with Crippen molar-refractivity contribution in [3.8, 4) is 5.75 Å². The first-order valence-corrected chi connectivity index (χ1v) is 7.29. The number of aromatic nitrogens is 2. The number of methoxy groups -OCH3 is 1. The van der Waals surface area contributed by atoms with E-state index in [-0.39, 0.29) is 11.7 Å². The Morgan fingerprint density at radius 3 is 2.67 bits per heavy atom. The maximum Gasteiger partial charge on any atom is 0.360 e. The lowest BCUT2D eigenvalue weighted by Crippen LogP contribution is -2.38. The van der Waals surface area contributed by atoms with Gasteiger partial charge < -0.3 is 9.84 Å². The summed E-state index contributed by atoms with van der Waals surface area (Å²) in [5, 5.41) is 9.90. The maximum atomic E-state index is 12.3. The van der Waals surface area contributed by atoms with E-state index in [1.54, 1.807) is 0 Å². The Labute approximate surface area is 122 Å². The zero-order chi connectivity index (χ0) is 15.0. The molecule has 0 amide bonds. The molecule has 0 spiro atoms. The van der Waals surface area contributed by atoms with Crippen LogP contribution in [0.5, 0.6) is 5.75 Å². The van der Waals surface area contributed by atoms with E-state index in [0.29, 0.717) is 12.4 Å². The van der Waals surface area contributed by atoms with E-state index in [4.69, 9.17) is 0 Å². The molecule has 3 rings (SSSR count). The molecule has 0 radical (unpaired) electrons. The predicted molar refractivity (Wildman–Crippen MR) is 74.3 cm³/mol. The molecule has 21 heavy (non-hydrogen) atoms. The van der Waals surface area contributed by atoms with Crippen LogP contribution in [-0.2, 0) is 11.3 Å². The average molecular weight is 293 g/mol. The van der Waals surface area contributed by atoms with Gasteiger partial charge in [0.15, 0.2) is 5.69 Å². The van der Waals surface area contributed by atoms with Gasteiger partial charge in [0.1, 0.15) is 5.82 Å². The molecule has 1 aromatic heterocycles. The van der Waals surface area contributed by atoms with Gasteiger partial charge in [-0.05, 0) is 38.8 Å². The monoisotopic (exact) mass is 293 g/mol. The topological polar surface area (TPSA) is 84.7 Å². The molecule has 2 aliphatic heterocycles. The highest BCUT2D eigenvalue weighted by Gasteiger charge is 2.32. The quantitative estimate of drug-likeness (QED) is 0.807. The van der Waals surface area contributed by atoms with Gasteiger partial charge in [-0.2, -0.15) is 0 Å². The van der Waals surface area contributed by atoms with Crippen molar-refractivity contribution < 1.29 is 14.6 Å². The van der Waals surface area contributed by atoms with Gasteiger partial charge in [0.25, 0.3) is 5.56 Å². The molecule has 1 N–H and O–H groups in total. The van der Waals surface area contributed by atoms with Crippen LogP contribution in [0.25, 0.3) is 0 Å². The van der Waals surface area contributed by atoms with Gasteiger partial charge in [0.2, 0.25) is 5.75 Å². The molecule has 0 aliphatic carbocycles. The summed E-state index contributed by atoms with van der Waals surface area (Å²) < 4.78 is 6.09. The number of hydrogen-bond donors (Lipinski definition) is 1. The molecule has 0 bridgehead atoms. The molecular weight excluding hydrogens is 274 g/mol. The summed E-state index contributed by atoms with van der Waals surface area (Å²) in [5.41, 5.74) is -0.829. The van der Waals surface area contributed by atoms with Crippen LogP contribution in [0.15, 0.2) is 4.79 Å². The van der Waals surface area contributed by atoms with Crippen molar-refractivity contribution in [3.63, 3.8) is 0 Å². The lowest BCUT2D eigenvalue weighted by atomic mass is 10.0. The van der Waals surface area contributed by atoms with E-state index in [2.05, 4.69) is 14.6 Å². The fraction of sp³-hybridized carbons (Fsp3) is 0.643. The minimum absolute atomic E-state index is 0.0398. The van der Waals surface area contributed by atoms with Crippen molar-refractivity contribution in [1.29, 1.82) is 0 Å². The van der Waals surface area contributed by atoms with Gasteiger partial charge in [-0.15, -0.1) is 0 Å². The van der Waals surface area contributed by atoms with Crippen LogP contribution in [0.4, 0.5) is 0 Å². The first-order chi connectivity index (χ1) is 10.1. The van der Waals surface area contributed by atoms with Gasteiger partial charge in [-0.3, -0.25) is 14.3 Å². The van der Waals surface area contributed by atoms with Gasteiger partial charge in [0.05, 0.1) is 13.2 Å². The molecule has 1 fully saturated rings. The molecule has 0 aromatic carbocycles. The summed E-state index contributed by atoms with van der Waals surface area (Å²) in [5.74, 6) is -0.822. The number of aromatic hydroxyl groups is 1. The molecule has 7 heteroatoms. The molecule has 7 nitrogen and oxygen atoms in total. The van der Waals surface area contributed by atoms with Crippen LogP contribution in [0.3, 0.4) is 0 Å². The Morgan fingerprint density at radius 2 is 2.00 bits per heavy atom. The van der Waals surface area contributed by atoms with Crippen molar-refractivity contribution in [2.24, 2.45) is 0 Å². The minimum atomic E-state index is -0.779. The fourth-order valence-corrected chi connectivity index (χ4v) is 3.24. The Hall–Kier alpha value is -1.89. The molecule has 1 saturated heterocycles. The maximum absolute atomic E-state index is 12.3. The summed E-state index contributed by atoms with van der Waals surface area (Å²) in [7, 11) is 1.21. The van der Waals surface area contributed by atoms with Crippen LogP contribution in [0.2, 0.25) is 0 Å². The second kappa shape index (κ2) is 5.48. The number of carbonyl (C=O) groups excluding carboxylic acids is 1. The number of likely N-dealkylation sites (tertiary alicyclic amines) is 1. The van der Waals surface area contributed by atoms with Gasteiger partial charge in [0, 0.05) is 6.54 Å². The highest BCUT2D eigenvalue weighted by molar-refractivity contribution is 5.89. The Morgan fingerprint density at radius 1 is 1.29 bits per heavy atom. The SMILES string of the molecule is COC(=O)c1nc2n(c(=O)c1O)CCCC2N1CCCC1. The third-order valence-electron chi connectivity index (χ3n) is 4.29. The van der Waals surface area contributed by atoms with E-state index in [0.717, 1.165) is 38.8 Å². The number of esters is 1. The number of nitrogens with zero attached hydrogens (tertiary/aromatic N) is 3. The van der Waals surface area contributed by atoms with E-state index in [1.807, 2.05) is 0 Å². The van der Waals surface area contributed by atoms with E-state index in [1.165, 1.54) is 11.7 Å². The van der Waals surface area contributed by atoms with Crippen LogP contribution < -0.4 is 5.56 Å². The lowest BCUT2D eigenvalue weighted by molar-refractivity contribution is 0.0587. The van der Waals surface area contributed by atoms with Crippen molar-refractivity contribution in [1.82, 2.24) is 14.5 Å². The number of hydrogen-bond acceptors (Lipinski definition) is 6. The normalized spacial score (nSPS) is 22.0. The smallest absolute Gasteiger partial charge is 0.360 e. The van der Waals surface area contributed by atoms with E-state index < -0.39 is 17.3 Å². The second-order valence-electron chi connectivity index (χ2n) is 5.52. The summed E-state index contributed by atoms with van der Waals surface area (Å²) in [6.07, 6.45) is 4.07. The first-order valence-electron chi connectivity index (χ1n) is 7.29. The average Bonchev–Trinajstić information content (AvgIpc) is 3.03. The number of ether oxygens (including phenoxy) is 1. The lowest BCUT2D eigenvalue weighted by Gasteiger charge is -2.32. The van der Waals surface area contributed by atoms with Crippen LogP contribution in [0, 0.1) is 0 Å². The standard InChI is InChI=1S/C14H19N3O4/c1-21-14(20)10-11(18)13(19)17-8-4-5-9(12(17)15-10)16-6-2-3-7-16/h9,18H,2-8H2,1H3. The minimum Gasteiger partial charge on any atom is -0.501 e. The van der Waals surface area contributed by atoms with Crippen molar-refractivity contribution >= 4 is 5.97 Å². The zero-order valence-corrected chi connectivity index (χ0v) is 12.0. The third-order valence-corrected chi connectivity index (χ3v) is 4.29. The predicted octanol–water partition coefficient (Wildman–Crippen LogP) is 0.666. The first kappa shape index (κ1) is 14.1. The fourth-order valence-electron chi connectivity index (χ4n) is 3.24. The summed E-state index contributed by atoms with van der Waals surface area (Å²) in [4.78, 5) is 30.5. The van der Waals surface area contributed by atoms with Crippen LogP contribution in [-0.4, -0.2) is 45.7 Å². The second-order valence-corrected chi connectivity index (χ2v) is 5.52. The summed E-state index contributed by atoms with van der Waals surface area (Å²) in [6.45, 7) is 2.49. The van der Waals surface area contributed by atoms with E-state index in [9.17, 15) is 14.7 Å². The Balaban J connectivity index is 2.10. The number of rotatable bonds is 2.